The van der Waals surface area contributed by atoms with Crippen LogP contribution in [0.3, 0.4) is 0 Å². The van der Waals surface area contributed by atoms with Gasteiger partial charge >= 0.3 is 0 Å². The van der Waals surface area contributed by atoms with E-state index < -0.39 is 0 Å². The van der Waals surface area contributed by atoms with Gasteiger partial charge < -0.3 is 10.2 Å². The smallest absolute Gasteiger partial charge is 0.192 e. The Morgan fingerprint density at radius 1 is 1.41 bits per heavy atom. The first kappa shape index (κ1) is 10.8. The van der Waals surface area contributed by atoms with Gasteiger partial charge in [-0.25, -0.2) is 4.98 Å². The van der Waals surface area contributed by atoms with Gasteiger partial charge in [-0.1, -0.05) is 12.5 Å². The standard InChI is InChI=1S/C14H18N2O/c1-10-16-12-7-11(3-4-13(12)17-10)8-14(9-15)5-2-6-14/h3-4,7H,2,5-6,8-9,15H2,1H3. The van der Waals surface area contributed by atoms with Crippen LogP contribution in [0, 0.1) is 12.3 Å². The molecule has 0 atom stereocenters. The third kappa shape index (κ3) is 1.84. The van der Waals surface area contributed by atoms with Crippen LogP contribution in [-0.4, -0.2) is 11.5 Å². The van der Waals surface area contributed by atoms with Gasteiger partial charge in [0.1, 0.15) is 5.52 Å². The molecule has 0 amide bonds. The molecule has 1 fully saturated rings. The second-order valence-electron chi connectivity index (χ2n) is 5.27. The first-order valence-electron chi connectivity index (χ1n) is 6.27. The highest BCUT2D eigenvalue weighted by molar-refractivity contribution is 5.73. The molecule has 2 aromatic rings. The van der Waals surface area contributed by atoms with E-state index in [0.717, 1.165) is 30.0 Å². The normalized spacial score (nSPS) is 18.2. The summed E-state index contributed by atoms with van der Waals surface area (Å²) in [6.07, 6.45) is 4.92. The molecule has 3 heteroatoms. The van der Waals surface area contributed by atoms with E-state index in [9.17, 15) is 0 Å². The summed E-state index contributed by atoms with van der Waals surface area (Å²) >= 11 is 0. The quantitative estimate of drug-likeness (QED) is 0.882. The lowest BCUT2D eigenvalue weighted by Crippen LogP contribution is -2.39. The number of hydrogen-bond donors (Lipinski definition) is 1. The minimum absolute atomic E-state index is 0.354. The lowest BCUT2D eigenvalue weighted by Gasteiger charge is -2.41. The Morgan fingerprint density at radius 3 is 2.88 bits per heavy atom. The Kier molecular flexibility index (Phi) is 2.44. The molecule has 90 valence electrons. The summed E-state index contributed by atoms with van der Waals surface area (Å²) in [5.41, 5.74) is 9.42. The van der Waals surface area contributed by atoms with Crippen molar-refractivity contribution >= 4 is 11.1 Å². The van der Waals surface area contributed by atoms with Gasteiger partial charge in [-0.05, 0) is 48.9 Å². The minimum atomic E-state index is 0.354. The zero-order chi connectivity index (χ0) is 11.9. The Bertz CT molecular complexity index is 535. The summed E-state index contributed by atoms with van der Waals surface area (Å²) in [6, 6.07) is 6.30. The lowest BCUT2D eigenvalue weighted by atomic mass is 9.65. The van der Waals surface area contributed by atoms with Crippen LogP contribution in [0.4, 0.5) is 0 Å². The first-order valence-corrected chi connectivity index (χ1v) is 6.27. The molecular formula is C14H18N2O. The maximum atomic E-state index is 5.90. The predicted octanol–water partition coefficient (Wildman–Crippen LogP) is 2.81. The lowest BCUT2D eigenvalue weighted by molar-refractivity contribution is 0.145. The van der Waals surface area contributed by atoms with Crippen molar-refractivity contribution in [2.75, 3.05) is 6.54 Å². The molecule has 3 rings (SSSR count). The van der Waals surface area contributed by atoms with Crippen LogP contribution in [-0.2, 0) is 6.42 Å². The zero-order valence-corrected chi connectivity index (χ0v) is 10.2. The van der Waals surface area contributed by atoms with E-state index in [4.69, 9.17) is 10.2 Å². The van der Waals surface area contributed by atoms with Crippen LogP contribution in [0.2, 0.25) is 0 Å². The van der Waals surface area contributed by atoms with E-state index in [0.29, 0.717) is 5.41 Å². The van der Waals surface area contributed by atoms with Crippen LogP contribution >= 0.6 is 0 Å². The molecule has 1 saturated carbocycles. The number of aryl methyl sites for hydroxylation is 1. The molecule has 1 aliphatic carbocycles. The zero-order valence-electron chi connectivity index (χ0n) is 10.2. The number of nitrogens with two attached hydrogens (primary N) is 1. The maximum Gasteiger partial charge on any atom is 0.192 e. The number of nitrogens with zero attached hydrogens (tertiary/aromatic N) is 1. The highest BCUT2D eigenvalue weighted by atomic mass is 16.3. The van der Waals surface area contributed by atoms with Crippen molar-refractivity contribution < 1.29 is 4.42 Å². The van der Waals surface area contributed by atoms with Crippen molar-refractivity contribution in [1.29, 1.82) is 0 Å². The van der Waals surface area contributed by atoms with Gasteiger partial charge in [0.05, 0.1) is 0 Å². The van der Waals surface area contributed by atoms with E-state index >= 15 is 0 Å². The topological polar surface area (TPSA) is 52.0 Å². The fraction of sp³-hybridized carbons (Fsp3) is 0.500. The molecule has 0 radical (unpaired) electrons. The van der Waals surface area contributed by atoms with Crippen LogP contribution in [0.5, 0.6) is 0 Å². The highest BCUT2D eigenvalue weighted by Gasteiger charge is 2.35. The van der Waals surface area contributed by atoms with Gasteiger partial charge in [0.25, 0.3) is 0 Å². The molecule has 17 heavy (non-hydrogen) atoms. The molecule has 2 N–H and O–H groups in total. The fourth-order valence-electron chi connectivity index (χ4n) is 2.76. The van der Waals surface area contributed by atoms with Crippen molar-refractivity contribution in [2.45, 2.75) is 32.6 Å². The van der Waals surface area contributed by atoms with Gasteiger partial charge in [-0.15, -0.1) is 0 Å². The molecule has 0 spiro atoms. The van der Waals surface area contributed by atoms with Gasteiger partial charge in [0.2, 0.25) is 0 Å². The summed E-state index contributed by atoms with van der Waals surface area (Å²) in [7, 11) is 0. The van der Waals surface area contributed by atoms with E-state index in [1.54, 1.807) is 0 Å². The Balaban J connectivity index is 1.90. The van der Waals surface area contributed by atoms with Crippen LogP contribution in [0.15, 0.2) is 22.6 Å². The van der Waals surface area contributed by atoms with E-state index in [-0.39, 0.29) is 0 Å². The van der Waals surface area contributed by atoms with Gasteiger partial charge in [0, 0.05) is 6.92 Å². The molecule has 1 aliphatic rings. The number of benzene rings is 1. The highest BCUT2D eigenvalue weighted by Crippen LogP contribution is 2.42. The summed E-state index contributed by atoms with van der Waals surface area (Å²) in [5.74, 6) is 0.731. The summed E-state index contributed by atoms with van der Waals surface area (Å²) in [4.78, 5) is 4.38. The van der Waals surface area contributed by atoms with Crippen molar-refractivity contribution in [3.05, 3.63) is 29.7 Å². The molecular weight excluding hydrogens is 212 g/mol. The number of fused-ring (bicyclic) bond motifs is 1. The predicted molar refractivity (Wildman–Crippen MR) is 67.8 cm³/mol. The SMILES string of the molecule is Cc1nc2cc(CC3(CN)CCC3)ccc2o1. The molecule has 0 aliphatic heterocycles. The average Bonchev–Trinajstić information content (AvgIpc) is 2.63. The van der Waals surface area contributed by atoms with E-state index in [1.165, 1.54) is 24.8 Å². The summed E-state index contributed by atoms with van der Waals surface area (Å²) in [5, 5.41) is 0. The molecule has 1 aromatic heterocycles. The maximum absolute atomic E-state index is 5.90. The average molecular weight is 230 g/mol. The molecule has 0 bridgehead atoms. The number of aromatic nitrogens is 1. The van der Waals surface area contributed by atoms with Crippen LogP contribution in [0.25, 0.3) is 11.1 Å². The number of rotatable bonds is 3. The van der Waals surface area contributed by atoms with Crippen molar-refractivity contribution in [3.8, 4) is 0 Å². The Labute approximate surface area is 101 Å². The van der Waals surface area contributed by atoms with E-state index in [2.05, 4.69) is 17.1 Å². The second kappa shape index (κ2) is 3.84. The van der Waals surface area contributed by atoms with Gasteiger partial charge in [-0.3, -0.25) is 0 Å². The number of hydrogen-bond acceptors (Lipinski definition) is 3. The molecule has 3 nitrogen and oxygen atoms in total. The van der Waals surface area contributed by atoms with Gasteiger partial charge in [0.15, 0.2) is 11.5 Å². The van der Waals surface area contributed by atoms with Crippen LogP contribution < -0.4 is 5.73 Å². The Hall–Kier alpha value is -1.35. The summed E-state index contributed by atoms with van der Waals surface area (Å²) < 4.78 is 5.48. The first-order chi connectivity index (χ1) is 8.21. The summed E-state index contributed by atoms with van der Waals surface area (Å²) in [6.45, 7) is 2.68. The molecule has 1 aromatic carbocycles. The van der Waals surface area contributed by atoms with Crippen molar-refractivity contribution in [3.63, 3.8) is 0 Å². The molecule has 0 unspecified atom stereocenters. The largest absolute Gasteiger partial charge is 0.441 e. The van der Waals surface area contributed by atoms with Gasteiger partial charge in [-0.2, -0.15) is 0 Å². The molecule has 1 heterocycles. The monoisotopic (exact) mass is 230 g/mol. The second-order valence-corrected chi connectivity index (χ2v) is 5.27. The van der Waals surface area contributed by atoms with Crippen molar-refractivity contribution in [1.82, 2.24) is 4.98 Å². The number of oxazole rings is 1. The Morgan fingerprint density at radius 2 is 2.24 bits per heavy atom. The third-order valence-corrected chi connectivity index (χ3v) is 3.99. The minimum Gasteiger partial charge on any atom is -0.441 e. The third-order valence-electron chi connectivity index (χ3n) is 3.99. The fourth-order valence-corrected chi connectivity index (χ4v) is 2.76. The van der Waals surface area contributed by atoms with Crippen LogP contribution in [0.1, 0.15) is 30.7 Å². The molecule has 0 saturated heterocycles. The van der Waals surface area contributed by atoms with Crippen molar-refractivity contribution in [2.24, 2.45) is 11.1 Å². The van der Waals surface area contributed by atoms with E-state index in [1.807, 2.05) is 13.0 Å².